The third kappa shape index (κ3) is 2.90. The second-order valence-electron chi connectivity index (χ2n) is 5.78. The molecule has 0 fully saturated rings. The predicted molar refractivity (Wildman–Crippen MR) is 88.1 cm³/mol. The summed E-state index contributed by atoms with van der Waals surface area (Å²) in [4.78, 5) is 11.1. The van der Waals surface area contributed by atoms with Crippen molar-refractivity contribution in [2.75, 3.05) is 23.4 Å². The van der Waals surface area contributed by atoms with Gasteiger partial charge in [0.05, 0.1) is 12.6 Å². The Balaban J connectivity index is 1.84. The van der Waals surface area contributed by atoms with Crippen molar-refractivity contribution >= 4 is 11.8 Å². The van der Waals surface area contributed by atoms with Crippen molar-refractivity contribution in [1.82, 2.24) is 9.97 Å². The Morgan fingerprint density at radius 1 is 1.36 bits per heavy atom. The topological polar surface area (TPSA) is 61.3 Å². The van der Waals surface area contributed by atoms with Crippen LogP contribution in [0.5, 0.6) is 0 Å². The number of benzene rings is 1. The molecular weight excluding hydrogens is 276 g/mol. The third-order valence-electron chi connectivity index (χ3n) is 4.18. The minimum Gasteiger partial charge on any atom is -0.394 e. The van der Waals surface area contributed by atoms with Crippen LogP contribution in [-0.4, -0.2) is 34.3 Å². The lowest BCUT2D eigenvalue weighted by Gasteiger charge is -2.36. The zero-order valence-electron chi connectivity index (χ0n) is 13.0. The molecule has 2 atom stereocenters. The second kappa shape index (κ2) is 6.32. The van der Waals surface area contributed by atoms with Gasteiger partial charge in [-0.3, -0.25) is 0 Å². The van der Waals surface area contributed by atoms with Gasteiger partial charge in [-0.25, -0.2) is 4.98 Å². The van der Waals surface area contributed by atoms with E-state index in [1.165, 1.54) is 11.1 Å². The molecule has 2 heterocycles. The fraction of sp³-hybridized carbons (Fsp3) is 0.412. The molecular formula is C17H22N4O. The lowest BCUT2D eigenvalue weighted by atomic mass is 9.94. The van der Waals surface area contributed by atoms with E-state index in [1.54, 1.807) is 6.20 Å². The van der Waals surface area contributed by atoms with Gasteiger partial charge in [-0.15, -0.1) is 0 Å². The Bertz CT molecular complexity index is 646. The molecule has 1 aliphatic heterocycles. The molecule has 22 heavy (non-hydrogen) atoms. The number of aliphatic hydroxyl groups is 1. The molecule has 0 aliphatic carbocycles. The molecule has 3 rings (SSSR count). The number of aliphatic hydroxyl groups excluding tert-OH is 1. The number of fused-ring (bicyclic) bond motifs is 1. The van der Waals surface area contributed by atoms with Crippen molar-refractivity contribution < 1.29 is 5.11 Å². The first-order valence-electron chi connectivity index (χ1n) is 7.74. The van der Waals surface area contributed by atoms with Crippen molar-refractivity contribution in [1.29, 1.82) is 0 Å². The van der Waals surface area contributed by atoms with Crippen molar-refractivity contribution in [2.24, 2.45) is 0 Å². The molecule has 1 aromatic carbocycles. The molecule has 0 spiro atoms. The average molecular weight is 298 g/mol. The summed E-state index contributed by atoms with van der Waals surface area (Å²) in [5.41, 5.74) is 2.79. The van der Waals surface area contributed by atoms with Gasteiger partial charge >= 0.3 is 0 Å². The normalized spacial score (nSPS) is 18.7. The highest BCUT2D eigenvalue weighted by molar-refractivity contribution is 5.49. The maximum atomic E-state index is 9.14. The van der Waals surface area contributed by atoms with Crippen LogP contribution in [0.4, 0.5) is 11.8 Å². The van der Waals surface area contributed by atoms with E-state index in [9.17, 15) is 0 Å². The minimum absolute atomic E-state index is 0.0566. The van der Waals surface area contributed by atoms with Crippen LogP contribution < -0.4 is 10.2 Å². The third-order valence-corrected chi connectivity index (χ3v) is 4.18. The van der Waals surface area contributed by atoms with Gasteiger partial charge in [0.2, 0.25) is 5.95 Å². The zero-order chi connectivity index (χ0) is 15.5. The summed E-state index contributed by atoms with van der Waals surface area (Å²) < 4.78 is 0. The molecule has 0 radical (unpaired) electrons. The summed E-state index contributed by atoms with van der Waals surface area (Å²) in [6.07, 6.45) is 2.79. The Hall–Kier alpha value is -2.14. The number of hydrogen-bond acceptors (Lipinski definition) is 5. The van der Waals surface area contributed by atoms with Gasteiger partial charge in [-0.05, 0) is 37.5 Å². The lowest BCUT2D eigenvalue weighted by molar-refractivity contribution is 0.281. The van der Waals surface area contributed by atoms with Gasteiger partial charge < -0.3 is 15.3 Å². The monoisotopic (exact) mass is 298 g/mol. The maximum Gasteiger partial charge on any atom is 0.224 e. The van der Waals surface area contributed by atoms with Gasteiger partial charge in [-0.2, -0.15) is 4.98 Å². The molecule has 116 valence electrons. The fourth-order valence-corrected chi connectivity index (χ4v) is 2.93. The summed E-state index contributed by atoms with van der Waals surface area (Å²) >= 11 is 0. The standard InChI is InChI=1S/C17H22N4O/c1-12(11-22)19-17-18-9-7-16(20-17)21-10-8-14-5-3-4-6-15(14)13(21)2/h3-7,9,12-13,22H,8,10-11H2,1-2H3,(H,18,19,20)/t12-,13-/m0/s1. The Labute approximate surface area is 131 Å². The number of nitrogens with one attached hydrogen (secondary N) is 1. The van der Waals surface area contributed by atoms with Crippen LogP contribution in [0.2, 0.25) is 0 Å². The van der Waals surface area contributed by atoms with Gasteiger partial charge in [-0.1, -0.05) is 24.3 Å². The van der Waals surface area contributed by atoms with E-state index in [-0.39, 0.29) is 12.6 Å². The van der Waals surface area contributed by atoms with Crippen molar-refractivity contribution in [3.63, 3.8) is 0 Å². The van der Waals surface area contributed by atoms with Crippen LogP contribution in [0.1, 0.15) is 31.0 Å². The van der Waals surface area contributed by atoms with Crippen LogP contribution >= 0.6 is 0 Å². The molecule has 5 heteroatoms. The van der Waals surface area contributed by atoms with E-state index in [0.29, 0.717) is 12.0 Å². The van der Waals surface area contributed by atoms with Crippen LogP contribution in [0.25, 0.3) is 0 Å². The van der Waals surface area contributed by atoms with Crippen LogP contribution in [0.15, 0.2) is 36.5 Å². The molecule has 1 aromatic heterocycles. The van der Waals surface area contributed by atoms with Crippen LogP contribution in [0.3, 0.4) is 0 Å². The quantitative estimate of drug-likeness (QED) is 0.907. The smallest absolute Gasteiger partial charge is 0.224 e. The Morgan fingerprint density at radius 2 is 2.18 bits per heavy atom. The van der Waals surface area contributed by atoms with Crippen LogP contribution in [0, 0.1) is 0 Å². The molecule has 0 amide bonds. The molecule has 0 saturated carbocycles. The van der Waals surface area contributed by atoms with Crippen molar-refractivity contribution in [3.05, 3.63) is 47.7 Å². The van der Waals surface area contributed by atoms with Gasteiger partial charge in [0.25, 0.3) is 0 Å². The van der Waals surface area contributed by atoms with E-state index in [4.69, 9.17) is 5.11 Å². The molecule has 0 bridgehead atoms. The number of anilines is 2. The summed E-state index contributed by atoms with van der Waals surface area (Å²) in [7, 11) is 0. The van der Waals surface area contributed by atoms with E-state index in [2.05, 4.69) is 51.4 Å². The SMILES string of the molecule is C[C@@H](CO)Nc1nccc(N2CCc3ccccc3[C@@H]2C)n1. The number of nitrogens with zero attached hydrogens (tertiary/aromatic N) is 3. The van der Waals surface area contributed by atoms with E-state index in [0.717, 1.165) is 18.8 Å². The highest BCUT2D eigenvalue weighted by Gasteiger charge is 2.24. The summed E-state index contributed by atoms with van der Waals surface area (Å²) in [6.45, 7) is 5.12. The average Bonchev–Trinajstić information content (AvgIpc) is 2.55. The molecule has 2 aromatic rings. The van der Waals surface area contributed by atoms with E-state index >= 15 is 0 Å². The first-order chi connectivity index (χ1) is 10.7. The molecule has 2 N–H and O–H groups in total. The summed E-state index contributed by atoms with van der Waals surface area (Å²) in [5, 5.41) is 12.2. The highest BCUT2D eigenvalue weighted by Crippen LogP contribution is 2.32. The zero-order valence-corrected chi connectivity index (χ0v) is 13.0. The molecule has 0 unspecified atom stereocenters. The number of rotatable bonds is 4. The van der Waals surface area contributed by atoms with Gasteiger partial charge in [0.15, 0.2) is 0 Å². The second-order valence-corrected chi connectivity index (χ2v) is 5.78. The van der Waals surface area contributed by atoms with Crippen LogP contribution in [-0.2, 0) is 6.42 Å². The Kier molecular flexibility index (Phi) is 4.24. The fourth-order valence-electron chi connectivity index (χ4n) is 2.93. The molecule has 5 nitrogen and oxygen atoms in total. The maximum absolute atomic E-state index is 9.14. The summed E-state index contributed by atoms with van der Waals surface area (Å²) in [6, 6.07) is 10.8. The van der Waals surface area contributed by atoms with Crippen molar-refractivity contribution in [3.8, 4) is 0 Å². The number of hydrogen-bond donors (Lipinski definition) is 2. The first-order valence-corrected chi connectivity index (χ1v) is 7.74. The number of aromatic nitrogens is 2. The molecule has 1 aliphatic rings. The van der Waals surface area contributed by atoms with E-state index < -0.39 is 0 Å². The van der Waals surface area contributed by atoms with E-state index in [1.807, 2.05) is 13.0 Å². The molecule has 0 saturated heterocycles. The minimum atomic E-state index is -0.0604. The highest BCUT2D eigenvalue weighted by atomic mass is 16.3. The predicted octanol–water partition coefficient (Wildman–Crippen LogP) is 2.39. The first kappa shape index (κ1) is 14.8. The van der Waals surface area contributed by atoms with Gasteiger partial charge in [0.1, 0.15) is 5.82 Å². The lowest BCUT2D eigenvalue weighted by Crippen LogP contribution is -2.34. The van der Waals surface area contributed by atoms with Crippen molar-refractivity contribution in [2.45, 2.75) is 32.4 Å². The van der Waals surface area contributed by atoms with Gasteiger partial charge in [0, 0.05) is 18.8 Å². The Morgan fingerprint density at radius 3 is 3.00 bits per heavy atom. The summed E-state index contributed by atoms with van der Waals surface area (Å²) in [5.74, 6) is 1.48. The largest absolute Gasteiger partial charge is 0.394 e.